The number of hydrogen-bond acceptors (Lipinski definition) is 8. The molecule has 1 heterocycles. The van der Waals surface area contributed by atoms with Crippen LogP contribution in [0.1, 0.15) is 31.7 Å². The molecule has 5 atom stereocenters. The maximum atomic E-state index is 13.2. The van der Waals surface area contributed by atoms with E-state index in [1.54, 1.807) is 6.20 Å². The standard InChI is InChI=1S/C24H36N6O7/c1-13(32)20(24(36)37)30-23(35)19(12-31)29-22(34)18(28-21(33)16(26)7-4-5-9-25)10-14-11-27-17-8-3-2-6-15(14)17/h2-3,6,8,11,13,16,18-20,27,31-32H,4-5,7,9-10,12,25-26H2,1H3,(H,28,33)(H,29,34)(H,30,35)(H,36,37). The van der Waals surface area contributed by atoms with Crippen LogP contribution in [0.4, 0.5) is 0 Å². The van der Waals surface area contributed by atoms with Crippen molar-refractivity contribution in [3.8, 4) is 0 Å². The predicted octanol–water partition coefficient (Wildman–Crippen LogP) is -1.92. The van der Waals surface area contributed by atoms with Crippen LogP contribution in [0, 0.1) is 0 Å². The predicted molar refractivity (Wildman–Crippen MR) is 135 cm³/mol. The summed E-state index contributed by atoms with van der Waals surface area (Å²) in [5, 5.41) is 36.4. The molecule has 13 heteroatoms. The number of amides is 3. The highest BCUT2D eigenvalue weighted by atomic mass is 16.4. The Labute approximate surface area is 214 Å². The Kier molecular flexibility index (Phi) is 11.5. The number of aliphatic hydroxyl groups excluding tert-OH is 2. The van der Waals surface area contributed by atoms with Gasteiger partial charge in [0.1, 0.15) is 12.1 Å². The number of carboxylic acid groups (broad SMARTS) is 1. The number of aliphatic carboxylic acids is 1. The monoisotopic (exact) mass is 520 g/mol. The Morgan fingerprint density at radius 3 is 2.27 bits per heavy atom. The summed E-state index contributed by atoms with van der Waals surface area (Å²) in [5.41, 5.74) is 13.0. The van der Waals surface area contributed by atoms with E-state index in [1.807, 2.05) is 24.3 Å². The Hall–Kier alpha value is -3.52. The number of nitrogens with two attached hydrogens (primary N) is 2. The molecule has 1 aromatic heterocycles. The van der Waals surface area contributed by atoms with Gasteiger partial charge in [-0.3, -0.25) is 14.4 Å². The van der Waals surface area contributed by atoms with Gasteiger partial charge in [-0.15, -0.1) is 0 Å². The van der Waals surface area contributed by atoms with Crippen molar-refractivity contribution in [2.45, 2.75) is 62.9 Å². The van der Waals surface area contributed by atoms with Crippen LogP contribution in [0.3, 0.4) is 0 Å². The molecule has 0 aliphatic rings. The Morgan fingerprint density at radius 1 is 1.00 bits per heavy atom. The molecule has 0 fully saturated rings. The minimum absolute atomic E-state index is 0.0439. The van der Waals surface area contributed by atoms with E-state index in [2.05, 4.69) is 20.9 Å². The fraction of sp³-hybridized carbons (Fsp3) is 0.500. The Bertz CT molecular complexity index is 1070. The van der Waals surface area contributed by atoms with Gasteiger partial charge in [-0.1, -0.05) is 24.6 Å². The summed E-state index contributed by atoms with van der Waals surface area (Å²) >= 11 is 0. The molecule has 37 heavy (non-hydrogen) atoms. The van der Waals surface area contributed by atoms with Gasteiger partial charge in [0.2, 0.25) is 17.7 Å². The minimum atomic E-state index is -1.65. The first-order valence-corrected chi connectivity index (χ1v) is 12.0. The average Bonchev–Trinajstić information content (AvgIpc) is 3.27. The van der Waals surface area contributed by atoms with Gasteiger partial charge >= 0.3 is 5.97 Å². The van der Waals surface area contributed by atoms with Gasteiger partial charge in [-0.2, -0.15) is 0 Å². The first kappa shape index (κ1) is 29.7. The number of H-pyrrole nitrogens is 1. The lowest BCUT2D eigenvalue weighted by atomic mass is 10.0. The molecule has 0 saturated carbocycles. The molecule has 0 saturated heterocycles. The van der Waals surface area contributed by atoms with Gasteiger partial charge in [-0.05, 0) is 37.9 Å². The Balaban J connectivity index is 2.21. The fourth-order valence-corrected chi connectivity index (χ4v) is 3.76. The number of hydrogen-bond donors (Lipinski definition) is 9. The molecule has 0 aliphatic heterocycles. The smallest absolute Gasteiger partial charge is 0.328 e. The molecule has 0 aliphatic carbocycles. The molecular formula is C24H36N6O7. The molecule has 11 N–H and O–H groups in total. The number of fused-ring (bicyclic) bond motifs is 1. The summed E-state index contributed by atoms with van der Waals surface area (Å²) < 4.78 is 0. The van der Waals surface area contributed by atoms with E-state index in [0.29, 0.717) is 25.8 Å². The van der Waals surface area contributed by atoms with Crippen molar-refractivity contribution in [2.24, 2.45) is 11.5 Å². The van der Waals surface area contributed by atoms with Crippen LogP contribution in [-0.2, 0) is 25.6 Å². The molecular weight excluding hydrogens is 484 g/mol. The van der Waals surface area contributed by atoms with Crippen LogP contribution in [0.25, 0.3) is 10.9 Å². The molecule has 2 rings (SSSR count). The first-order chi connectivity index (χ1) is 17.6. The third-order valence-electron chi connectivity index (χ3n) is 5.90. The van der Waals surface area contributed by atoms with Gasteiger partial charge < -0.3 is 47.7 Å². The lowest BCUT2D eigenvalue weighted by Crippen LogP contribution is -2.59. The van der Waals surface area contributed by atoms with E-state index in [1.165, 1.54) is 6.92 Å². The number of benzene rings is 1. The van der Waals surface area contributed by atoms with Crippen molar-refractivity contribution in [3.05, 3.63) is 36.0 Å². The third kappa shape index (κ3) is 8.53. The summed E-state index contributed by atoms with van der Waals surface area (Å²) in [4.78, 5) is 52.9. The molecule has 0 spiro atoms. The number of carbonyl (C=O) groups is 4. The molecule has 204 valence electrons. The van der Waals surface area contributed by atoms with E-state index in [0.717, 1.165) is 16.5 Å². The highest BCUT2D eigenvalue weighted by molar-refractivity contribution is 5.95. The molecule has 3 amide bonds. The second-order valence-corrected chi connectivity index (χ2v) is 8.82. The van der Waals surface area contributed by atoms with Crippen LogP contribution in [0.15, 0.2) is 30.5 Å². The third-order valence-corrected chi connectivity index (χ3v) is 5.90. The normalized spacial score (nSPS) is 15.3. The number of para-hydroxylation sites is 1. The quantitative estimate of drug-likeness (QED) is 0.119. The second kappa shape index (κ2) is 14.3. The van der Waals surface area contributed by atoms with Crippen molar-refractivity contribution >= 4 is 34.6 Å². The number of carbonyl (C=O) groups excluding carboxylic acids is 3. The zero-order valence-corrected chi connectivity index (χ0v) is 20.6. The number of aromatic amines is 1. The molecule has 1 aromatic carbocycles. The number of aliphatic hydroxyl groups is 2. The van der Waals surface area contributed by atoms with Gasteiger partial charge in [0.05, 0.1) is 18.8 Å². The van der Waals surface area contributed by atoms with Crippen LogP contribution in [-0.4, -0.2) is 87.4 Å². The minimum Gasteiger partial charge on any atom is -0.480 e. The van der Waals surface area contributed by atoms with Crippen molar-refractivity contribution < 1.29 is 34.5 Å². The number of carboxylic acids is 1. The number of rotatable bonds is 15. The van der Waals surface area contributed by atoms with E-state index < -0.39 is 60.6 Å². The zero-order valence-electron chi connectivity index (χ0n) is 20.6. The van der Waals surface area contributed by atoms with Gasteiger partial charge in [-0.25, -0.2) is 4.79 Å². The second-order valence-electron chi connectivity index (χ2n) is 8.82. The molecule has 5 unspecified atom stereocenters. The van der Waals surface area contributed by atoms with Gasteiger partial charge in [0, 0.05) is 23.5 Å². The lowest BCUT2D eigenvalue weighted by Gasteiger charge is -2.25. The average molecular weight is 521 g/mol. The summed E-state index contributed by atoms with van der Waals surface area (Å²) in [6.45, 7) is 0.785. The molecule has 13 nitrogen and oxygen atoms in total. The van der Waals surface area contributed by atoms with Crippen LogP contribution in [0.2, 0.25) is 0 Å². The zero-order chi connectivity index (χ0) is 27.5. The lowest BCUT2D eigenvalue weighted by molar-refractivity contribution is -0.145. The topological polar surface area (TPSA) is 233 Å². The number of nitrogens with one attached hydrogen (secondary N) is 4. The highest BCUT2D eigenvalue weighted by Gasteiger charge is 2.32. The van der Waals surface area contributed by atoms with Crippen molar-refractivity contribution in [2.75, 3.05) is 13.2 Å². The maximum absolute atomic E-state index is 13.2. The van der Waals surface area contributed by atoms with Crippen molar-refractivity contribution in [3.63, 3.8) is 0 Å². The summed E-state index contributed by atoms with van der Waals surface area (Å²) in [6, 6.07) is 2.14. The number of aromatic nitrogens is 1. The fourth-order valence-electron chi connectivity index (χ4n) is 3.76. The Morgan fingerprint density at radius 2 is 1.65 bits per heavy atom. The summed E-state index contributed by atoms with van der Waals surface area (Å²) in [5.74, 6) is -3.85. The van der Waals surface area contributed by atoms with Gasteiger partial charge in [0.15, 0.2) is 6.04 Å². The summed E-state index contributed by atoms with van der Waals surface area (Å²) in [6.07, 6.45) is 2.01. The largest absolute Gasteiger partial charge is 0.480 e. The van der Waals surface area contributed by atoms with E-state index in [-0.39, 0.29) is 6.42 Å². The van der Waals surface area contributed by atoms with Gasteiger partial charge in [0.25, 0.3) is 0 Å². The van der Waals surface area contributed by atoms with Crippen LogP contribution >= 0.6 is 0 Å². The van der Waals surface area contributed by atoms with Crippen LogP contribution < -0.4 is 27.4 Å². The molecule has 2 aromatic rings. The van der Waals surface area contributed by atoms with Crippen LogP contribution in [0.5, 0.6) is 0 Å². The van der Waals surface area contributed by atoms with Crippen molar-refractivity contribution in [1.29, 1.82) is 0 Å². The SMILES string of the molecule is CC(O)C(NC(=O)C(CO)NC(=O)C(Cc1c[nH]c2ccccc12)NC(=O)C(N)CCCCN)C(=O)O. The number of unbranched alkanes of at least 4 members (excludes halogenated alkanes) is 1. The molecule has 0 bridgehead atoms. The summed E-state index contributed by atoms with van der Waals surface area (Å²) in [7, 11) is 0. The van der Waals surface area contributed by atoms with Crippen molar-refractivity contribution in [1.82, 2.24) is 20.9 Å². The van der Waals surface area contributed by atoms with E-state index in [9.17, 15) is 34.5 Å². The van der Waals surface area contributed by atoms with E-state index >= 15 is 0 Å². The maximum Gasteiger partial charge on any atom is 0.328 e. The van der Waals surface area contributed by atoms with E-state index in [4.69, 9.17) is 11.5 Å². The first-order valence-electron chi connectivity index (χ1n) is 12.0. The molecule has 0 radical (unpaired) electrons. The highest BCUT2D eigenvalue weighted by Crippen LogP contribution is 2.19.